The van der Waals surface area contributed by atoms with Gasteiger partial charge in [0.15, 0.2) is 17.6 Å². The Labute approximate surface area is 216 Å². The summed E-state index contributed by atoms with van der Waals surface area (Å²) in [6, 6.07) is 9.39. The second-order valence-corrected chi connectivity index (χ2v) is 10.3. The van der Waals surface area contributed by atoms with Gasteiger partial charge in [-0.05, 0) is 36.8 Å². The van der Waals surface area contributed by atoms with E-state index in [1.165, 1.54) is 4.90 Å². The number of aromatic nitrogens is 1. The Morgan fingerprint density at radius 1 is 1.25 bits per heavy atom. The Kier molecular flexibility index (Phi) is 7.94. The zero-order chi connectivity index (χ0) is 26.0. The number of ether oxygens (including phenoxy) is 2. The maximum Gasteiger partial charge on any atom is 0.253 e. The van der Waals surface area contributed by atoms with E-state index in [0.29, 0.717) is 29.6 Å². The van der Waals surface area contributed by atoms with Crippen molar-refractivity contribution in [3.8, 4) is 11.5 Å². The zero-order valence-electron chi connectivity index (χ0n) is 20.8. The van der Waals surface area contributed by atoms with Gasteiger partial charge in [0.1, 0.15) is 11.9 Å². The van der Waals surface area contributed by atoms with E-state index in [-0.39, 0.29) is 18.6 Å². The minimum absolute atomic E-state index is 0.0730. The first-order valence-corrected chi connectivity index (χ1v) is 12.5. The lowest BCUT2D eigenvalue weighted by Gasteiger charge is -2.34. The number of amides is 1. The maximum absolute atomic E-state index is 12.6. The van der Waals surface area contributed by atoms with Crippen LogP contribution in [-0.2, 0) is 4.79 Å². The zero-order valence-corrected chi connectivity index (χ0v) is 21.6. The van der Waals surface area contributed by atoms with Gasteiger partial charge in [-0.3, -0.25) is 4.79 Å². The fourth-order valence-corrected chi connectivity index (χ4v) is 5.26. The number of rotatable bonds is 8. The molecule has 1 aromatic carbocycles. The van der Waals surface area contributed by atoms with Crippen LogP contribution < -0.4 is 14.4 Å². The number of methoxy groups -OCH3 is 1. The normalized spacial score (nSPS) is 25.6. The highest BCUT2D eigenvalue weighted by molar-refractivity contribution is 6.30. The highest BCUT2D eigenvalue weighted by Crippen LogP contribution is 2.47. The molecule has 1 aromatic heterocycles. The quantitative estimate of drug-likeness (QED) is 0.485. The Morgan fingerprint density at radius 3 is 2.67 bits per heavy atom. The van der Waals surface area contributed by atoms with Gasteiger partial charge in [-0.1, -0.05) is 24.6 Å². The summed E-state index contributed by atoms with van der Waals surface area (Å²) in [4.78, 5) is 20.7. The van der Waals surface area contributed by atoms with E-state index in [4.69, 9.17) is 21.1 Å². The molecule has 9 nitrogen and oxygen atoms in total. The molecule has 10 heteroatoms. The molecule has 3 N–H and O–H groups in total. The van der Waals surface area contributed by atoms with Crippen molar-refractivity contribution in [1.82, 2.24) is 9.88 Å². The Balaban J connectivity index is 1.55. The number of aliphatic hydroxyl groups excluding tert-OH is 3. The Bertz CT molecular complexity index is 1070. The van der Waals surface area contributed by atoms with Gasteiger partial charge >= 0.3 is 0 Å². The van der Waals surface area contributed by atoms with Crippen molar-refractivity contribution in [2.24, 2.45) is 5.41 Å². The average molecular weight is 520 g/mol. The van der Waals surface area contributed by atoms with E-state index in [0.717, 1.165) is 24.3 Å². The van der Waals surface area contributed by atoms with Crippen molar-refractivity contribution in [3.63, 3.8) is 0 Å². The third-order valence-electron chi connectivity index (χ3n) is 7.52. The number of anilines is 1. The molecule has 36 heavy (non-hydrogen) atoms. The molecule has 2 fully saturated rings. The molecule has 3 heterocycles. The molecule has 2 aromatic rings. The SMILES string of the molecule is COc1ccc([C@@H]2CN(C(=O)[C@@H](O)CO)C[C@@]2(C)[C@@H](C)O)cc1OC1CCN(c2ccc(Cl)cn2)C1. The first kappa shape index (κ1) is 26.5. The van der Waals surface area contributed by atoms with Gasteiger partial charge in [0, 0.05) is 43.6 Å². The van der Waals surface area contributed by atoms with Gasteiger partial charge in [0.2, 0.25) is 0 Å². The van der Waals surface area contributed by atoms with Crippen LogP contribution in [-0.4, -0.2) is 89.3 Å². The number of hydrogen-bond donors (Lipinski definition) is 3. The summed E-state index contributed by atoms with van der Waals surface area (Å²) >= 11 is 5.96. The summed E-state index contributed by atoms with van der Waals surface area (Å²) < 4.78 is 12.0. The van der Waals surface area contributed by atoms with Crippen molar-refractivity contribution in [2.45, 2.75) is 44.5 Å². The number of pyridine rings is 1. The van der Waals surface area contributed by atoms with E-state index in [9.17, 15) is 20.1 Å². The number of halogens is 1. The molecule has 5 atom stereocenters. The molecule has 0 spiro atoms. The van der Waals surface area contributed by atoms with E-state index in [2.05, 4.69) is 9.88 Å². The number of carbonyl (C=O) groups is 1. The van der Waals surface area contributed by atoms with Gasteiger partial charge in [-0.15, -0.1) is 0 Å². The average Bonchev–Trinajstić information content (AvgIpc) is 3.48. The van der Waals surface area contributed by atoms with Crippen LogP contribution in [0.4, 0.5) is 5.82 Å². The van der Waals surface area contributed by atoms with E-state index in [1.807, 2.05) is 37.3 Å². The van der Waals surface area contributed by atoms with Gasteiger partial charge in [0.25, 0.3) is 5.91 Å². The number of nitrogens with zero attached hydrogens (tertiary/aromatic N) is 3. The van der Waals surface area contributed by atoms with Gasteiger partial charge < -0.3 is 34.6 Å². The van der Waals surface area contributed by atoms with Gasteiger partial charge in [-0.2, -0.15) is 0 Å². The van der Waals surface area contributed by atoms with Crippen LogP contribution in [0.2, 0.25) is 5.02 Å². The Morgan fingerprint density at radius 2 is 2.03 bits per heavy atom. The largest absolute Gasteiger partial charge is 0.493 e. The van der Waals surface area contributed by atoms with Crippen LogP contribution in [0, 0.1) is 5.41 Å². The summed E-state index contributed by atoms with van der Waals surface area (Å²) in [6.45, 7) is 5.03. The summed E-state index contributed by atoms with van der Waals surface area (Å²) in [5.41, 5.74) is 0.249. The molecule has 196 valence electrons. The molecule has 2 saturated heterocycles. The van der Waals surface area contributed by atoms with Crippen molar-refractivity contribution in [1.29, 1.82) is 0 Å². The third kappa shape index (κ3) is 5.25. The predicted molar refractivity (Wildman–Crippen MR) is 136 cm³/mol. The molecule has 0 radical (unpaired) electrons. The summed E-state index contributed by atoms with van der Waals surface area (Å²) in [7, 11) is 1.59. The highest BCUT2D eigenvalue weighted by Gasteiger charge is 2.49. The molecular formula is C26H34ClN3O6. The van der Waals surface area contributed by atoms with Crippen molar-refractivity contribution < 1.29 is 29.6 Å². The summed E-state index contributed by atoms with van der Waals surface area (Å²) in [5, 5.41) is 30.4. The molecule has 4 rings (SSSR count). The number of likely N-dealkylation sites (tertiary alicyclic amines) is 1. The minimum atomic E-state index is -1.47. The predicted octanol–water partition coefficient (Wildman–Crippen LogP) is 2.07. The molecule has 2 aliphatic heterocycles. The van der Waals surface area contributed by atoms with Crippen LogP contribution >= 0.6 is 11.6 Å². The molecule has 2 aliphatic rings. The van der Waals surface area contributed by atoms with Crippen molar-refractivity contribution >= 4 is 23.3 Å². The number of benzene rings is 1. The number of carbonyl (C=O) groups excluding carboxylic acids is 1. The van der Waals surface area contributed by atoms with Crippen LogP contribution in [0.15, 0.2) is 36.5 Å². The number of aliphatic hydroxyl groups is 3. The highest BCUT2D eigenvalue weighted by atomic mass is 35.5. The van der Waals surface area contributed by atoms with Crippen molar-refractivity contribution in [2.75, 3.05) is 44.8 Å². The molecule has 0 bridgehead atoms. The molecule has 0 saturated carbocycles. The Hall–Kier alpha value is -2.59. The molecular weight excluding hydrogens is 486 g/mol. The third-order valence-corrected chi connectivity index (χ3v) is 7.74. The van der Waals surface area contributed by atoms with Crippen LogP contribution in [0.1, 0.15) is 31.7 Å². The van der Waals surface area contributed by atoms with Crippen LogP contribution in [0.25, 0.3) is 0 Å². The molecule has 1 amide bonds. The fourth-order valence-electron chi connectivity index (χ4n) is 5.15. The lowest BCUT2D eigenvalue weighted by atomic mass is 9.72. The monoisotopic (exact) mass is 519 g/mol. The van der Waals surface area contributed by atoms with Gasteiger partial charge in [-0.25, -0.2) is 4.98 Å². The van der Waals surface area contributed by atoms with E-state index >= 15 is 0 Å². The molecule has 1 unspecified atom stereocenters. The first-order valence-electron chi connectivity index (χ1n) is 12.1. The second kappa shape index (κ2) is 10.8. The fraction of sp³-hybridized carbons (Fsp3) is 0.538. The topological polar surface area (TPSA) is 116 Å². The lowest BCUT2D eigenvalue weighted by molar-refractivity contribution is -0.141. The minimum Gasteiger partial charge on any atom is -0.493 e. The lowest BCUT2D eigenvalue weighted by Crippen LogP contribution is -2.42. The second-order valence-electron chi connectivity index (χ2n) is 9.87. The van der Waals surface area contributed by atoms with Crippen molar-refractivity contribution in [3.05, 3.63) is 47.1 Å². The number of hydrogen-bond acceptors (Lipinski definition) is 8. The summed E-state index contributed by atoms with van der Waals surface area (Å²) in [6.07, 6.45) is 0.182. The standard InChI is InChI=1S/C26H34ClN3O6/c1-16(32)26(2)15-30(25(34)21(33)14-31)13-20(26)17-4-6-22(35-3)23(10-17)36-19-8-9-29(12-19)24-7-5-18(27)11-28-24/h4-7,10-11,16,19-21,31-33H,8-9,12-15H2,1-3H3/t16-,19?,20+,21+,26+/m1/s1. The summed E-state index contributed by atoms with van der Waals surface area (Å²) in [5.74, 6) is 1.29. The van der Waals surface area contributed by atoms with Crippen LogP contribution in [0.5, 0.6) is 11.5 Å². The smallest absolute Gasteiger partial charge is 0.253 e. The maximum atomic E-state index is 12.6. The first-order chi connectivity index (χ1) is 17.2. The van der Waals surface area contributed by atoms with Crippen LogP contribution in [0.3, 0.4) is 0 Å². The molecule has 0 aliphatic carbocycles. The van der Waals surface area contributed by atoms with E-state index in [1.54, 1.807) is 20.2 Å². The van der Waals surface area contributed by atoms with E-state index < -0.39 is 30.1 Å². The van der Waals surface area contributed by atoms with Gasteiger partial charge in [0.05, 0.1) is 31.4 Å².